The molecule has 6 rings (SSSR count). The predicted molar refractivity (Wildman–Crippen MR) is 176 cm³/mol. The zero-order valence-corrected chi connectivity index (χ0v) is 26.0. The molecule has 2 heterocycles. The van der Waals surface area contributed by atoms with E-state index >= 15 is 0 Å². The molecule has 230 valence electrons. The number of primary amides is 1. The van der Waals surface area contributed by atoms with Crippen LogP contribution in [0.1, 0.15) is 35.2 Å². The van der Waals surface area contributed by atoms with Crippen LogP contribution in [0.25, 0.3) is 22.5 Å². The smallest absolute Gasteiger partial charge is 0.224 e. The average Bonchev–Trinajstić information content (AvgIpc) is 3.45. The van der Waals surface area contributed by atoms with Crippen molar-refractivity contribution in [2.45, 2.75) is 39.4 Å². The van der Waals surface area contributed by atoms with Crippen molar-refractivity contribution in [1.29, 1.82) is 0 Å². The second-order valence-electron chi connectivity index (χ2n) is 11.6. The first kappa shape index (κ1) is 30.4. The van der Waals surface area contributed by atoms with Gasteiger partial charge in [0.2, 0.25) is 5.91 Å². The maximum absolute atomic E-state index is 12.6. The monoisotopic (exact) mass is 621 g/mol. The van der Waals surface area contributed by atoms with Crippen LogP contribution in [0, 0.1) is 12.3 Å². The summed E-state index contributed by atoms with van der Waals surface area (Å²) >= 11 is 6.83. The van der Waals surface area contributed by atoms with Gasteiger partial charge in [-0.2, -0.15) is 0 Å². The predicted octanol–water partition coefficient (Wildman–Crippen LogP) is 7.53. The Hall–Kier alpha value is -4.59. The molecule has 8 heteroatoms. The molecular formula is C37H36ClN3O4. The summed E-state index contributed by atoms with van der Waals surface area (Å²) < 4.78 is 18.5. The van der Waals surface area contributed by atoms with E-state index in [2.05, 4.69) is 16.5 Å². The van der Waals surface area contributed by atoms with Crippen LogP contribution in [-0.4, -0.2) is 24.2 Å². The molecule has 1 saturated heterocycles. The van der Waals surface area contributed by atoms with Gasteiger partial charge in [0.15, 0.2) is 5.76 Å². The molecule has 1 aliphatic rings. The number of piperidine rings is 1. The van der Waals surface area contributed by atoms with Gasteiger partial charge >= 0.3 is 0 Å². The van der Waals surface area contributed by atoms with Gasteiger partial charge in [-0.05, 0) is 67.6 Å². The number of nitrogens with one attached hydrogen (secondary N) is 1. The van der Waals surface area contributed by atoms with E-state index in [0.29, 0.717) is 60.3 Å². The van der Waals surface area contributed by atoms with E-state index in [4.69, 9.17) is 31.3 Å². The standard InChI is InChI=1S/C37H36ClN3O4/c1-25-34(29-14-8-13-28(19-29)22-37(36(39)42)15-17-40-18-16-37)35(45-41-25)30-20-31(38)33(44-24-27-11-6-3-7-12-27)21-32(30)43-23-26-9-4-2-5-10-26/h2-14,19-21,40H,15-18,22-24H2,1H3,(H2,39,42). The Morgan fingerprint density at radius 2 is 1.49 bits per heavy atom. The molecule has 4 aromatic carbocycles. The second-order valence-corrected chi connectivity index (χ2v) is 12.0. The lowest BCUT2D eigenvalue weighted by atomic mass is 9.73. The molecule has 5 aromatic rings. The van der Waals surface area contributed by atoms with Crippen LogP contribution in [0.3, 0.4) is 0 Å². The number of amides is 1. The summed E-state index contributed by atoms with van der Waals surface area (Å²) in [4.78, 5) is 12.6. The molecule has 1 amide bonds. The van der Waals surface area contributed by atoms with Gasteiger partial charge in [0.1, 0.15) is 24.7 Å². The molecule has 45 heavy (non-hydrogen) atoms. The minimum absolute atomic E-state index is 0.249. The van der Waals surface area contributed by atoms with Crippen LogP contribution in [-0.2, 0) is 24.4 Å². The highest BCUT2D eigenvalue weighted by molar-refractivity contribution is 6.32. The molecule has 1 aromatic heterocycles. The number of hydrogen-bond acceptors (Lipinski definition) is 6. The number of benzene rings is 4. The van der Waals surface area contributed by atoms with E-state index in [1.165, 1.54) is 0 Å². The third-order valence-corrected chi connectivity index (χ3v) is 8.75. The highest BCUT2D eigenvalue weighted by atomic mass is 35.5. The van der Waals surface area contributed by atoms with Crippen molar-refractivity contribution in [3.63, 3.8) is 0 Å². The van der Waals surface area contributed by atoms with E-state index in [0.717, 1.165) is 46.6 Å². The maximum atomic E-state index is 12.6. The molecule has 7 nitrogen and oxygen atoms in total. The Balaban J connectivity index is 1.36. The molecular weight excluding hydrogens is 586 g/mol. The Bertz CT molecular complexity index is 1770. The largest absolute Gasteiger partial charge is 0.488 e. The number of aromatic nitrogens is 1. The van der Waals surface area contributed by atoms with Gasteiger partial charge in [-0.3, -0.25) is 4.79 Å². The van der Waals surface area contributed by atoms with E-state index in [1.807, 2.05) is 97.9 Å². The number of rotatable bonds is 11. The van der Waals surface area contributed by atoms with Gasteiger partial charge in [0.25, 0.3) is 0 Å². The first-order valence-electron chi connectivity index (χ1n) is 15.2. The number of aryl methyl sites for hydroxylation is 1. The van der Waals surface area contributed by atoms with Crippen molar-refractivity contribution in [2.24, 2.45) is 11.1 Å². The summed E-state index contributed by atoms with van der Waals surface area (Å²) in [5.74, 6) is 1.35. The number of nitrogens with two attached hydrogens (primary N) is 1. The molecule has 0 radical (unpaired) electrons. The van der Waals surface area contributed by atoms with Crippen LogP contribution < -0.4 is 20.5 Å². The van der Waals surface area contributed by atoms with Crippen molar-refractivity contribution < 1.29 is 18.8 Å². The molecule has 0 bridgehead atoms. The topological polar surface area (TPSA) is 99.6 Å². The summed E-state index contributed by atoms with van der Waals surface area (Å²) in [6.45, 7) is 4.16. The van der Waals surface area contributed by atoms with Crippen LogP contribution in [0.4, 0.5) is 0 Å². The van der Waals surface area contributed by atoms with Crippen LogP contribution >= 0.6 is 11.6 Å². The average molecular weight is 622 g/mol. The maximum Gasteiger partial charge on any atom is 0.224 e. The van der Waals surface area contributed by atoms with Gasteiger partial charge < -0.3 is 25.0 Å². The fourth-order valence-electron chi connectivity index (χ4n) is 5.95. The number of carbonyl (C=O) groups is 1. The van der Waals surface area contributed by atoms with Crippen molar-refractivity contribution in [2.75, 3.05) is 13.1 Å². The third-order valence-electron chi connectivity index (χ3n) is 8.46. The normalized spacial score (nSPS) is 14.2. The minimum Gasteiger partial charge on any atom is -0.488 e. The summed E-state index contributed by atoms with van der Waals surface area (Å²) in [6.07, 6.45) is 2.00. The lowest BCUT2D eigenvalue weighted by Gasteiger charge is -2.35. The SMILES string of the molecule is Cc1noc(-c2cc(Cl)c(OCc3ccccc3)cc2OCc2ccccc2)c1-c1cccc(CC2(C(N)=O)CCNCC2)c1. The Kier molecular flexibility index (Phi) is 9.19. The van der Waals surface area contributed by atoms with Crippen LogP contribution in [0.5, 0.6) is 11.5 Å². The quantitative estimate of drug-likeness (QED) is 0.158. The van der Waals surface area contributed by atoms with Gasteiger partial charge in [-0.1, -0.05) is 102 Å². The lowest BCUT2D eigenvalue weighted by molar-refractivity contribution is -0.129. The molecule has 0 saturated carbocycles. The zero-order valence-electron chi connectivity index (χ0n) is 25.2. The number of ether oxygens (including phenoxy) is 2. The van der Waals surface area contributed by atoms with E-state index in [-0.39, 0.29) is 5.91 Å². The number of hydrogen-bond donors (Lipinski definition) is 2. The van der Waals surface area contributed by atoms with Gasteiger partial charge in [-0.25, -0.2) is 0 Å². The molecule has 0 atom stereocenters. The van der Waals surface area contributed by atoms with Gasteiger partial charge in [-0.15, -0.1) is 0 Å². The Labute approximate surface area is 268 Å². The second kappa shape index (κ2) is 13.6. The molecule has 1 aliphatic heterocycles. The van der Waals surface area contributed by atoms with Gasteiger partial charge in [0.05, 0.1) is 27.3 Å². The summed E-state index contributed by atoms with van der Waals surface area (Å²) in [5, 5.41) is 8.12. The highest BCUT2D eigenvalue weighted by Crippen LogP contribution is 2.44. The van der Waals surface area contributed by atoms with E-state index < -0.39 is 5.41 Å². The molecule has 0 aliphatic carbocycles. The number of carbonyl (C=O) groups excluding carboxylic acids is 1. The van der Waals surface area contributed by atoms with Crippen molar-refractivity contribution >= 4 is 17.5 Å². The lowest BCUT2D eigenvalue weighted by Crippen LogP contribution is -2.46. The first-order valence-corrected chi connectivity index (χ1v) is 15.5. The van der Waals surface area contributed by atoms with Crippen LogP contribution in [0.15, 0.2) is 102 Å². The van der Waals surface area contributed by atoms with E-state index in [9.17, 15) is 4.79 Å². The molecule has 0 unspecified atom stereocenters. The fourth-order valence-corrected chi connectivity index (χ4v) is 6.17. The van der Waals surface area contributed by atoms with Crippen molar-refractivity contribution in [3.05, 3.63) is 124 Å². The Morgan fingerprint density at radius 1 is 0.867 bits per heavy atom. The van der Waals surface area contributed by atoms with Crippen molar-refractivity contribution in [3.8, 4) is 33.9 Å². The summed E-state index contributed by atoms with van der Waals surface area (Å²) in [5.41, 5.74) is 11.6. The Morgan fingerprint density at radius 3 is 2.13 bits per heavy atom. The van der Waals surface area contributed by atoms with Gasteiger partial charge in [0, 0.05) is 6.07 Å². The van der Waals surface area contributed by atoms with E-state index in [1.54, 1.807) is 0 Å². The number of halogens is 1. The molecule has 3 N–H and O–H groups in total. The first-order chi connectivity index (χ1) is 21.9. The third kappa shape index (κ3) is 6.90. The van der Waals surface area contributed by atoms with Crippen LogP contribution in [0.2, 0.25) is 5.02 Å². The number of nitrogens with zero attached hydrogens (tertiary/aromatic N) is 1. The minimum atomic E-state index is -0.571. The zero-order chi connectivity index (χ0) is 31.2. The summed E-state index contributed by atoms with van der Waals surface area (Å²) in [6, 6.07) is 31.7. The highest BCUT2D eigenvalue weighted by Gasteiger charge is 2.38. The summed E-state index contributed by atoms with van der Waals surface area (Å²) in [7, 11) is 0. The fraction of sp³-hybridized carbons (Fsp3) is 0.243. The van der Waals surface area contributed by atoms with Crippen molar-refractivity contribution in [1.82, 2.24) is 10.5 Å². The molecule has 1 fully saturated rings. The molecule has 0 spiro atoms.